The van der Waals surface area contributed by atoms with Crippen molar-refractivity contribution in [2.24, 2.45) is 0 Å². The van der Waals surface area contributed by atoms with Crippen molar-refractivity contribution in [2.45, 2.75) is 17.9 Å². The molecule has 1 N–H and O–H groups in total. The van der Waals surface area contributed by atoms with Gasteiger partial charge in [-0.3, -0.25) is 4.90 Å². The van der Waals surface area contributed by atoms with Gasteiger partial charge in [-0.1, -0.05) is 30.3 Å². The van der Waals surface area contributed by atoms with Gasteiger partial charge in [-0.15, -0.1) is 11.8 Å². The van der Waals surface area contributed by atoms with E-state index in [-0.39, 0.29) is 12.0 Å². The zero-order chi connectivity index (χ0) is 18.7. The number of nitrogens with zero attached hydrogens (tertiary/aromatic N) is 1. The second-order valence-corrected chi connectivity index (χ2v) is 7.08. The van der Waals surface area contributed by atoms with Crippen LogP contribution in [0, 0.1) is 0 Å². The number of rotatable bonds is 4. The largest absolute Gasteiger partial charge is 0.466 e. The van der Waals surface area contributed by atoms with E-state index in [9.17, 15) is 4.79 Å². The number of benzene rings is 2. The van der Waals surface area contributed by atoms with Crippen molar-refractivity contribution >= 4 is 40.7 Å². The Bertz CT molecular complexity index is 848. The number of nitrogens with one attached hydrogen (secondary N) is 1. The SMILES string of the molecule is COC(=O)C1=C(C)N(c2ccccc2)C(=S)N[C@H]1c1ccc(SC)cc1. The summed E-state index contributed by atoms with van der Waals surface area (Å²) >= 11 is 7.29. The van der Waals surface area contributed by atoms with E-state index < -0.39 is 0 Å². The molecule has 0 aliphatic carbocycles. The molecule has 1 heterocycles. The Morgan fingerprint density at radius 2 is 1.81 bits per heavy atom. The molecule has 0 saturated carbocycles. The Balaban J connectivity index is 2.10. The minimum Gasteiger partial charge on any atom is -0.466 e. The van der Waals surface area contributed by atoms with Crippen molar-refractivity contribution < 1.29 is 9.53 Å². The van der Waals surface area contributed by atoms with Crippen LogP contribution in [0.25, 0.3) is 0 Å². The third kappa shape index (κ3) is 3.48. The summed E-state index contributed by atoms with van der Waals surface area (Å²) in [4.78, 5) is 15.6. The van der Waals surface area contributed by atoms with Gasteiger partial charge in [0.2, 0.25) is 0 Å². The summed E-state index contributed by atoms with van der Waals surface area (Å²) in [6, 6.07) is 17.5. The van der Waals surface area contributed by atoms with E-state index in [2.05, 4.69) is 5.32 Å². The number of carbonyl (C=O) groups excluding carboxylic acids is 1. The van der Waals surface area contributed by atoms with E-state index in [4.69, 9.17) is 17.0 Å². The summed E-state index contributed by atoms with van der Waals surface area (Å²) in [5.74, 6) is -0.364. The maximum Gasteiger partial charge on any atom is 0.337 e. The molecule has 26 heavy (non-hydrogen) atoms. The number of ether oxygens (including phenoxy) is 1. The molecule has 0 spiro atoms. The predicted octanol–water partition coefficient (Wildman–Crippen LogP) is 4.29. The fourth-order valence-electron chi connectivity index (χ4n) is 3.05. The summed E-state index contributed by atoms with van der Waals surface area (Å²) in [5, 5.41) is 3.86. The molecular weight excluding hydrogens is 364 g/mol. The Kier molecular flexibility index (Phi) is 5.64. The Morgan fingerprint density at radius 1 is 1.15 bits per heavy atom. The average Bonchev–Trinajstić information content (AvgIpc) is 2.68. The normalized spacial score (nSPS) is 17.1. The summed E-state index contributed by atoms with van der Waals surface area (Å²) in [5.41, 5.74) is 3.20. The molecule has 1 aliphatic heterocycles. The third-order valence-electron chi connectivity index (χ3n) is 4.35. The Morgan fingerprint density at radius 3 is 2.38 bits per heavy atom. The second-order valence-electron chi connectivity index (χ2n) is 5.82. The minimum atomic E-state index is -0.364. The Labute approximate surface area is 163 Å². The summed E-state index contributed by atoms with van der Waals surface area (Å²) < 4.78 is 5.07. The number of hydrogen-bond acceptors (Lipinski definition) is 4. The lowest BCUT2D eigenvalue weighted by molar-refractivity contribution is -0.136. The summed E-state index contributed by atoms with van der Waals surface area (Å²) in [6.07, 6.45) is 2.03. The van der Waals surface area contributed by atoms with Crippen LogP contribution in [0.15, 0.2) is 70.8 Å². The number of allylic oxidation sites excluding steroid dienone is 1. The van der Waals surface area contributed by atoms with Gasteiger partial charge in [0, 0.05) is 16.3 Å². The molecule has 3 rings (SSSR count). The first-order valence-electron chi connectivity index (χ1n) is 8.15. The number of para-hydroxylation sites is 1. The fourth-order valence-corrected chi connectivity index (χ4v) is 3.82. The van der Waals surface area contributed by atoms with Crippen LogP contribution in [0.2, 0.25) is 0 Å². The molecule has 0 radical (unpaired) electrons. The maximum atomic E-state index is 12.6. The van der Waals surface area contributed by atoms with E-state index in [0.717, 1.165) is 16.9 Å². The second kappa shape index (κ2) is 7.93. The zero-order valence-corrected chi connectivity index (χ0v) is 16.5. The molecule has 1 atom stereocenters. The van der Waals surface area contributed by atoms with Crippen LogP contribution in [0.5, 0.6) is 0 Å². The van der Waals surface area contributed by atoms with Gasteiger partial charge in [-0.05, 0) is 55.2 Å². The molecule has 0 unspecified atom stereocenters. The molecule has 6 heteroatoms. The molecule has 2 aromatic rings. The van der Waals surface area contributed by atoms with Crippen molar-refractivity contribution in [3.05, 3.63) is 71.4 Å². The standard InChI is InChI=1S/C20H20N2O2S2/c1-13-17(19(23)24-2)18(14-9-11-16(26-3)12-10-14)21-20(25)22(13)15-7-5-4-6-8-15/h4-12,18H,1-3H3,(H,21,25)/t18-/m0/s1. The lowest BCUT2D eigenvalue weighted by Crippen LogP contribution is -2.48. The molecule has 0 bridgehead atoms. The highest BCUT2D eigenvalue weighted by Crippen LogP contribution is 2.34. The predicted molar refractivity (Wildman–Crippen MR) is 110 cm³/mol. The number of esters is 1. The smallest absolute Gasteiger partial charge is 0.337 e. The molecule has 134 valence electrons. The van der Waals surface area contributed by atoms with Gasteiger partial charge in [0.25, 0.3) is 0 Å². The zero-order valence-electron chi connectivity index (χ0n) is 14.9. The van der Waals surface area contributed by atoms with Gasteiger partial charge < -0.3 is 10.1 Å². The first kappa shape index (κ1) is 18.5. The van der Waals surface area contributed by atoms with Crippen LogP contribution in [-0.4, -0.2) is 24.4 Å². The highest BCUT2D eigenvalue weighted by molar-refractivity contribution is 7.98. The number of thioether (sulfide) groups is 1. The Hall–Kier alpha value is -2.31. The van der Waals surface area contributed by atoms with Gasteiger partial charge in [0.15, 0.2) is 5.11 Å². The van der Waals surface area contributed by atoms with Crippen molar-refractivity contribution in [3.63, 3.8) is 0 Å². The van der Waals surface area contributed by atoms with Crippen LogP contribution >= 0.6 is 24.0 Å². The van der Waals surface area contributed by atoms with E-state index in [0.29, 0.717) is 10.7 Å². The minimum absolute atomic E-state index is 0.342. The number of thiocarbonyl (C=S) groups is 1. The molecule has 0 fully saturated rings. The van der Waals surface area contributed by atoms with Crippen molar-refractivity contribution in [1.29, 1.82) is 0 Å². The summed E-state index contributed by atoms with van der Waals surface area (Å²) in [7, 11) is 1.40. The van der Waals surface area contributed by atoms with Gasteiger partial charge >= 0.3 is 5.97 Å². The fraction of sp³-hybridized carbons (Fsp3) is 0.200. The van der Waals surface area contributed by atoms with Gasteiger partial charge in [0.1, 0.15) is 0 Å². The molecule has 0 saturated heterocycles. The summed E-state index contributed by atoms with van der Waals surface area (Å²) in [6.45, 7) is 1.90. The van der Waals surface area contributed by atoms with Crippen LogP contribution in [0.4, 0.5) is 5.69 Å². The van der Waals surface area contributed by atoms with Gasteiger partial charge in [0.05, 0.1) is 18.7 Å². The van der Waals surface area contributed by atoms with E-state index in [1.54, 1.807) is 11.8 Å². The van der Waals surface area contributed by atoms with Crippen LogP contribution < -0.4 is 10.2 Å². The average molecular weight is 385 g/mol. The van der Waals surface area contributed by atoms with E-state index in [1.807, 2.05) is 72.7 Å². The number of carbonyl (C=O) groups is 1. The third-order valence-corrected chi connectivity index (χ3v) is 5.40. The molecule has 0 aromatic heterocycles. The first-order valence-corrected chi connectivity index (χ1v) is 9.78. The first-order chi connectivity index (χ1) is 12.6. The molecular formula is C20H20N2O2S2. The topological polar surface area (TPSA) is 41.6 Å². The molecule has 1 aliphatic rings. The maximum absolute atomic E-state index is 12.6. The molecule has 0 amide bonds. The van der Waals surface area contributed by atoms with Crippen LogP contribution in [-0.2, 0) is 9.53 Å². The van der Waals surface area contributed by atoms with Crippen molar-refractivity contribution in [3.8, 4) is 0 Å². The van der Waals surface area contributed by atoms with E-state index in [1.165, 1.54) is 12.0 Å². The van der Waals surface area contributed by atoms with Crippen LogP contribution in [0.3, 0.4) is 0 Å². The lowest BCUT2D eigenvalue weighted by Gasteiger charge is -2.37. The van der Waals surface area contributed by atoms with Gasteiger partial charge in [-0.2, -0.15) is 0 Å². The van der Waals surface area contributed by atoms with Crippen molar-refractivity contribution in [1.82, 2.24) is 5.32 Å². The number of methoxy groups -OCH3 is 1. The van der Waals surface area contributed by atoms with Crippen LogP contribution in [0.1, 0.15) is 18.5 Å². The van der Waals surface area contributed by atoms with E-state index >= 15 is 0 Å². The highest BCUT2D eigenvalue weighted by Gasteiger charge is 2.35. The monoisotopic (exact) mass is 384 g/mol. The lowest BCUT2D eigenvalue weighted by atomic mass is 9.95. The number of anilines is 1. The quantitative estimate of drug-likeness (QED) is 0.482. The number of hydrogen-bond donors (Lipinski definition) is 1. The van der Waals surface area contributed by atoms with Crippen molar-refractivity contribution in [2.75, 3.05) is 18.3 Å². The molecule has 2 aromatic carbocycles. The highest BCUT2D eigenvalue weighted by atomic mass is 32.2. The molecule has 4 nitrogen and oxygen atoms in total. The van der Waals surface area contributed by atoms with Gasteiger partial charge in [-0.25, -0.2) is 4.79 Å².